The Labute approximate surface area is 116 Å². The van der Waals surface area contributed by atoms with Crippen LogP contribution in [0.1, 0.15) is 32.1 Å². The molecule has 1 aromatic carbocycles. The first-order chi connectivity index (χ1) is 8.65. The Bertz CT molecular complexity index is 405. The van der Waals surface area contributed by atoms with Gasteiger partial charge in [0.25, 0.3) is 0 Å². The molecule has 4 heteroatoms. The summed E-state index contributed by atoms with van der Waals surface area (Å²) in [6.07, 6.45) is 5.07. The maximum atomic E-state index is 11.9. The average molecular weight is 311 g/mol. The minimum Gasteiger partial charge on any atom is -0.327 e. The van der Waals surface area contributed by atoms with Crippen molar-refractivity contribution in [3.63, 3.8) is 0 Å². The molecular formula is C14H19BrN2O. The van der Waals surface area contributed by atoms with Gasteiger partial charge in [-0.1, -0.05) is 28.8 Å². The number of nitrogens with two attached hydrogens (primary N) is 1. The first kappa shape index (κ1) is 13.6. The number of rotatable bonds is 3. The average Bonchev–Trinajstić information content (AvgIpc) is 2.35. The minimum absolute atomic E-state index is 0.0691. The van der Waals surface area contributed by atoms with Gasteiger partial charge in [-0.25, -0.2) is 0 Å². The molecule has 0 radical (unpaired) electrons. The highest BCUT2D eigenvalue weighted by molar-refractivity contribution is 9.10. The summed E-state index contributed by atoms with van der Waals surface area (Å²) in [5, 5.41) is 2.92. The molecular weight excluding hydrogens is 292 g/mol. The van der Waals surface area contributed by atoms with E-state index in [-0.39, 0.29) is 11.9 Å². The molecule has 0 aromatic heterocycles. The molecule has 2 rings (SSSR count). The highest BCUT2D eigenvalue weighted by Gasteiger charge is 2.24. The zero-order valence-electron chi connectivity index (χ0n) is 10.4. The van der Waals surface area contributed by atoms with E-state index >= 15 is 0 Å². The van der Waals surface area contributed by atoms with Crippen molar-refractivity contribution in [2.24, 2.45) is 11.7 Å². The Morgan fingerprint density at radius 2 is 1.94 bits per heavy atom. The van der Waals surface area contributed by atoms with Gasteiger partial charge in [0, 0.05) is 22.6 Å². The molecule has 3 nitrogen and oxygen atoms in total. The Morgan fingerprint density at radius 1 is 1.28 bits per heavy atom. The van der Waals surface area contributed by atoms with Crippen molar-refractivity contribution >= 4 is 27.5 Å². The maximum Gasteiger partial charge on any atom is 0.224 e. The molecule has 0 bridgehead atoms. The third-order valence-electron chi connectivity index (χ3n) is 3.54. The van der Waals surface area contributed by atoms with Gasteiger partial charge in [0.15, 0.2) is 0 Å². The standard InChI is InChI=1S/C14H19BrN2O/c15-11-5-7-12(8-6-11)17-14(18)9-10-3-1-2-4-13(10)16/h5-8,10,13H,1-4,9,16H2,(H,17,18). The molecule has 0 spiro atoms. The van der Waals surface area contributed by atoms with Crippen molar-refractivity contribution in [3.05, 3.63) is 28.7 Å². The molecule has 98 valence electrons. The fraction of sp³-hybridized carbons (Fsp3) is 0.500. The van der Waals surface area contributed by atoms with E-state index in [9.17, 15) is 4.79 Å². The van der Waals surface area contributed by atoms with Gasteiger partial charge < -0.3 is 11.1 Å². The Morgan fingerprint density at radius 3 is 2.61 bits per heavy atom. The Balaban J connectivity index is 1.86. The number of benzene rings is 1. The monoisotopic (exact) mass is 310 g/mol. The molecule has 1 amide bonds. The summed E-state index contributed by atoms with van der Waals surface area (Å²) >= 11 is 3.37. The molecule has 1 saturated carbocycles. The molecule has 1 aliphatic carbocycles. The van der Waals surface area contributed by atoms with Gasteiger partial charge in [0.1, 0.15) is 0 Å². The lowest BCUT2D eigenvalue weighted by Gasteiger charge is -2.27. The Hall–Kier alpha value is -0.870. The molecule has 1 aliphatic rings. The van der Waals surface area contributed by atoms with Crippen molar-refractivity contribution in [2.75, 3.05) is 5.32 Å². The van der Waals surface area contributed by atoms with E-state index in [0.29, 0.717) is 12.3 Å². The number of nitrogens with one attached hydrogen (secondary N) is 1. The van der Waals surface area contributed by atoms with E-state index in [0.717, 1.165) is 23.0 Å². The molecule has 0 saturated heterocycles. The van der Waals surface area contributed by atoms with Crippen molar-refractivity contribution in [1.82, 2.24) is 0 Å². The van der Waals surface area contributed by atoms with Crippen molar-refractivity contribution in [1.29, 1.82) is 0 Å². The summed E-state index contributed by atoms with van der Waals surface area (Å²) in [6, 6.07) is 7.81. The van der Waals surface area contributed by atoms with E-state index in [4.69, 9.17) is 5.73 Å². The van der Waals surface area contributed by atoms with Gasteiger partial charge in [-0.05, 0) is 43.0 Å². The molecule has 18 heavy (non-hydrogen) atoms. The lowest BCUT2D eigenvalue weighted by atomic mass is 9.83. The van der Waals surface area contributed by atoms with E-state index in [1.807, 2.05) is 24.3 Å². The van der Waals surface area contributed by atoms with Crippen LogP contribution in [0.4, 0.5) is 5.69 Å². The summed E-state index contributed by atoms with van der Waals surface area (Å²) in [4.78, 5) is 11.9. The number of amides is 1. The number of halogens is 1. The van der Waals surface area contributed by atoms with Crippen LogP contribution in [0.3, 0.4) is 0 Å². The van der Waals surface area contributed by atoms with Crippen LogP contribution < -0.4 is 11.1 Å². The number of hydrogen-bond acceptors (Lipinski definition) is 2. The van der Waals surface area contributed by atoms with E-state index in [1.54, 1.807) is 0 Å². The second kappa shape index (κ2) is 6.34. The highest BCUT2D eigenvalue weighted by atomic mass is 79.9. The van der Waals surface area contributed by atoms with Crippen molar-refractivity contribution < 1.29 is 4.79 Å². The summed E-state index contributed by atoms with van der Waals surface area (Å²) < 4.78 is 1.01. The van der Waals surface area contributed by atoms with Crippen molar-refractivity contribution in [2.45, 2.75) is 38.1 Å². The topological polar surface area (TPSA) is 55.1 Å². The lowest BCUT2D eigenvalue weighted by Crippen LogP contribution is -2.35. The zero-order chi connectivity index (χ0) is 13.0. The minimum atomic E-state index is 0.0691. The van der Waals surface area contributed by atoms with Crippen LogP contribution >= 0.6 is 15.9 Å². The molecule has 0 heterocycles. The maximum absolute atomic E-state index is 11.9. The normalized spacial score (nSPS) is 23.7. The number of anilines is 1. The van der Waals surface area contributed by atoms with Crippen LogP contribution in [0, 0.1) is 5.92 Å². The lowest BCUT2D eigenvalue weighted by molar-refractivity contribution is -0.117. The van der Waals surface area contributed by atoms with E-state index in [1.165, 1.54) is 12.8 Å². The van der Waals surface area contributed by atoms with Crippen LogP contribution in [0.15, 0.2) is 28.7 Å². The van der Waals surface area contributed by atoms with Gasteiger partial charge >= 0.3 is 0 Å². The van der Waals surface area contributed by atoms with Crippen LogP contribution in [0.5, 0.6) is 0 Å². The smallest absolute Gasteiger partial charge is 0.224 e. The van der Waals surface area contributed by atoms with Gasteiger partial charge in [0.2, 0.25) is 5.91 Å². The fourth-order valence-electron chi connectivity index (χ4n) is 2.47. The summed E-state index contributed by atoms with van der Waals surface area (Å²) in [7, 11) is 0. The zero-order valence-corrected chi connectivity index (χ0v) is 11.9. The molecule has 1 fully saturated rings. The molecule has 1 aromatic rings. The summed E-state index contributed by atoms with van der Waals surface area (Å²) in [5.41, 5.74) is 6.89. The summed E-state index contributed by atoms with van der Waals surface area (Å²) in [5.74, 6) is 0.411. The predicted octanol–water partition coefficient (Wildman–Crippen LogP) is 3.30. The first-order valence-corrected chi connectivity index (χ1v) is 7.25. The third-order valence-corrected chi connectivity index (χ3v) is 4.07. The molecule has 2 atom stereocenters. The van der Waals surface area contributed by atoms with E-state index in [2.05, 4.69) is 21.2 Å². The van der Waals surface area contributed by atoms with Crippen molar-refractivity contribution in [3.8, 4) is 0 Å². The largest absolute Gasteiger partial charge is 0.327 e. The Kier molecular flexibility index (Phi) is 4.78. The summed E-state index contributed by atoms with van der Waals surface area (Å²) in [6.45, 7) is 0. The van der Waals surface area contributed by atoms with Crippen LogP contribution in [-0.2, 0) is 4.79 Å². The first-order valence-electron chi connectivity index (χ1n) is 6.46. The van der Waals surface area contributed by atoms with Crippen LogP contribution in [0.2, 0.25) is 0 Å². The highest BCUT2D eigenvalue weighted by Crippen LogP contribution is 2.26. The quantitative estimate of drug-likeness (QED) is 0.900. The van der Waals surface area contributed by atoms with Gasteiger partial charge in [0.05, 0.1) is 0 Å². The number of carbonyl (C=O) groups excluding carboxylic acids is 1. The SMILES string of the molecule is NC1CCCCC1CC(=O)Nc1ccc(Br)cc1. The molecule has 3 N–H and O–H groups in total. The van der Waals surface area contributed by atoms with Crippen LogP contribution in [0.25, 0.3) is 0 Å². The molecule has 0 aliphatic heterocycles. The predicted molar refractivity (Wildman–Crippen MR) is 77.3 cm³/mol. The third kappa shape index (κ3) is 3.82. The number of carbonyl (C=O) groups is 1. The van der Waals surface area contributed by atoms with Gasteiger partial charge in [-0.3, -0.25) is 4.79 Å². The second-order valence-corrected chi connectivity index (χ2v) is 5.88. The van der Waals surface area contributed by atoms with Gasteiger partial charge in [-0.15, -0.1) is 0 Å². The van der Waals surface area contributed by atoms with Gasteiger partial charge in [-0.2, -0.15) is 0 Å². The fourth-order valence-corrected chi connectivity index (χ4v) is 2.74. The second-order valence-electron chi connectivity index (χ2n) is 4.97. The molecule has 2 unspecified atom stereocenters. The number of hydrogen-bond donors (Lipinski definition) is 2. The van der Waals surface area contributed by atoms with Crippen LogP contribution in [-0.4, -0.2) is 11.9 Å². The van der Waals surface area contributed by atoms with E-state index < -0.39 is 0 Å².